The number of hydrogen-bond acceptors (Lipinski definition) is 2. The van der Waals surface area contributed by atoms with Crippen molar-refractivity contribution in [3.63, 3.8) is 0 Å². The smallest absolute Gasteiger partial charge is 0.242 e. The summed E-state index contributed by atoms with van der Waals surface area (Å²) in [6.07, 6.45) is 6.02. The van der Waals surface area contributed by atoms with Crippen LogP contribution in [0.1, 0.15) is 32.6 Å². The van der Waals surface area contributed by atoms with E-state index in [0.29, 0.717) is 11.8 Å². The highest BCUT2D eigenvalue weighted by Crippen LogP contribution is 2.42. The highest BCUT2D eigenvalue weighted by atomic mass is 16.2. The molecule has 1 heterocycles. The molecule has 0 unspecified atom stereocenters. The normalized spacial score (nSPS) is 27.1. The third-order valence-corrected chi connectivity index (χ3v) is 2.60. The van der Waals surface area contributed by atoms with Crippen molar-refractivity contribution >= 4 is 12.1 Å². The molecule has 2 fully saturated rings. The van der Waals surface area contributed by atoms with Crippen LogP contribution in [0.4, 0.5) is 0 Å². The molecule has 2 rings (SSSR count). The number of nitrogens with zero attached hydrogens (tertiary/aromatic N) is 2. The summed E-state index contributed by atoms with van der Waals surface area (Å²) in [7, 11) is 0. The average molecular weight is 166 g/mol. The van der Waals surface area contributed by atoms with E-state index in [1.54, 1.807) is 5.01 Å². The predicted octanol–water partition coefficient (Wildman–Crippen LogP) is 1.39. The van der Waals surface area contributed by atoms with Crippen molar-refractivity contribution in [3.8, 4) is 0 Å². The van der Waals surface area contributed by atoms with Gasteiger partial charge in [-0.3, -0.25) is 4.79 Å². The Kier molecular flexibility index (Phi) is 1.67. The molecular weight excluding hydrogens is 152 g/mol. The molecule has 66 valence electrons. The fourth-order valence-corrected chi connectivity index (χ4v) is 1.29. The van der Waals surface area contributed by atoms with E-state index in [1.807, 2.05) is 6.21 Å². The highest BCUT2D eigenvalue weighted by Gasteiger charge is 2.36. The molecule has 0 aromatic heterocycles. The van der Waals surface area contributed by atoms with Gasteiger partial charge in [0.05, 0.1) is 0 Å². The lowest BCUT2D eigenvalue weighted by atomic mass is 10.2. The van der Waals surface area contributed by atoms with Crippen molar-refractivity contribution in [1.29, 1.82) is 0 Å². The van der Waals surface area contributed by atoms with Crippen molar-refractivity contribution in [2.45, 2.75) is 32.6 Å². The number of rotatable bonds is 2. The van der Waals surface area contributed by atoms with Crippen LogP contribution in [0.5, 0.6) is 0 Å². The maximum absolute atomic E-state index is 11.1. The van der Waals surface area contributed by atoms with E-state index in [-0.39, 0.29) is 5.91 Å². The quantitative estimate of drug-likeness (QED) is 0.571. The standard InChI is InChI=1S/C9H14N2O/c1-9(4-5-9)7-10-11-6-2-3-8(11)12/h7H,2-6H2,1H3/b10-7+. The maximum Gasteiger partial charge on any atom is 0.242 e. The number of carbonyl (C=O) groups excluding carboxylic acids is 1. The zero-order valence-electron chi connectivity index (χ0n) is 7.42. The lowest BCUT2D eigenvalue weighted by Crippen LogP contribution is -2.18. The van der Waals surface area contributed by atoms with Gasteiger partial charge in [-0.25, -0.2) is 5.01 Å². The van der Waals surface area contributed by atoms with Crippen molar-refractivity contribution in [2.75, 3.05) is 6.54 Å². The molecule has 1 aliphatic heterocycles. The van der Waals surface area contributed by atoms with Crippen molar-refractivity contribution in [3.05, 3.63) is 0 Å². The summed E-state index contributed by atoms with van der Waals surface area (Å²) in [6.45, 7) is 2.99. The molecule has 0 aromatic carbocycles. The van der Waals surface area contributed by atoms with Crippen LogP contribution in [0.2, 0.25) is 0 Å². The Labute approximate surface area is 72.4 Å². The second-order valence-corrected chi connectivity index (χ2v) is 4.02. The van der Waals surface area contributed by atoms with Gasteiger partial charge in [-0.05, 0) is 19.3 Å². The zero-order valence-corrected chi connectivity index (χ0v) is 7.42. The summed E-state index contributed by atoms with van der Waals surface area (Å²) in [6, 6.07) is 0. The first-order valence-electron chi connectivity index (χ1n) is 4.55. The van der Waals surface area contributed by atoms with E-state index in [0.717, 1.165) is 13.0 Å². The van der Waals surface area contributed by atoms with Crippen LogP contribution in [0.15, 0.2) is 5.10 Å². The van der Waals surface area contributed by atoms with Gasteiger partial charge in [-0.2, -0.15) is 5.10 Å². The van der Waals surface area contributed by atoms with Crippen LogP contribution >= 0.6 is 0 Å². The van der Waals surface area contributed by atoms with E-state index in [9.17, 15) is 4.79 Å². The molecule has 3 nitrogen and oxygen atoms in total. The van der Waals surface area contributed by atoms with Crippen LogP contribution < -0.4 is 0 Å². The average Bonchev–Trinajstić information content (AvgIpc) is 2.61. The summed E-state index contributed by atoms with van der Waals surface area (Å²) < 4.78 is 0. The minimum Gasteiger partial charge on any atom is -0.273 e. The highest BCUT2D eigenvalue weighted by molar-refractivity contribution is 5.79. The first kappa shape index (κ1) is 7.77. The Hall–Kier alpha value is -0.860. The third-order valence-electron chi connectivity index (χ3n) is 2.60. The van der Waals surface area contributed by atoms with Gasteiger partial charge in [-0.15, -0.1) is 0 Å². The Bertz CT molecular complexity index is 231. The number of amides is 1. The van der Waals surface area contributed by atoms with E-state index in [4.69, 9.17) is 0 Å². The molecule has 0 bridgehead atoms. The van der Waals surface area contributed by atoms with Crippen LogP contribution in [0.25, 0.3) is 0 Å². The molecule has 1 saturated heterocycles. The topological polar surface area (TPSA) is 32.7 Å². The zero-order chi connectivity index (χ0) is 8.60. The first-order chi connectivity index (χ1) is 5.70. The van der Waals surface area contributed by atoms with Crippen molar-refractivity contribution < 1.29 is 4.79 Å². The molecule has 0 aromatic rings. The maximum atomic E-state index is 11.1. The van der Waals surface area contributed by atoms with Gasteiger partial charge in [0.1, 0.15) is 0 Å². The fourth-order valence-electron chi connectivity index (χ4n) is 1.29. The summed E-state index contributed by atoms with van der Waals surface area (Å²) in [5.74, 6) is 0.176. The van der Waals surface area contributed by atoms with E-state index >= 15 is 0 Å². The number of hydrazone groups is 1. The second kappa shape index (κ2) is 2.57. The van der Waals surface area contributed by atoms with Gasteiger partial charge < -0.3 is 0 Å². The summed E-state index contributed by atoms with van der Waals surface area (Å²) in [4.78, 5) is 11.1. The Morgan fingerprint density at radius 2 is 2.33 bits per heavy atom. The molecule has 3 heteroatoms. The third kappa shape index (κ3) is 1.49. The van der Waals surface area contributed by atoms with Crippen LogP contribution in [-0.2, 0) is 4.79 Å². The van der Waals surface area contributed by atoms with Crippen molar-refractivity contribution in [2.24, 2.45) is 10.5 Å². The Balaban J connectivity index is 1.93. The summed E-state index contributed by atoms with van der Waals surface area (Å²) >= 11 is 0. The van der Waals surface area contributed by atoms with Crippen LogP contribution in [-0.4, -0.2) is 23.7 Å². The number of carbonyl (C=O) groups is 1. The summed E-state index contributed by atoms with van der Waals surface area (Å²) in [5, 5.41) is 5.80. The first-order valence-corrected chi connectivity index (χ1v) is 4.55. The minimum absolute atomic E-state index is 0.176. The monoisotopic (exact) mass is 166 g/mol. The minimum atomic E-state index is 0.176. The van der Waals surface area contributed by atoms with E-state index < -0.39 is 0 Å². The SMILES string of the molecule is CC1(/C=N/N2CCCC2=O)CC1. The van der Waals surface area contributed by atoms with Gasteiger partial charge in [-0.1, -0.05) is 6.92 Å². The Morgan fingerprint density at radius 3 is 2.83 bits per heavy atom. The molecule has 1 saturated carbocycles. The van der Waals surface area contributed by atoms with Crippen molar-refractivity contribution in [1.82, 2.24) is 5.01 Å². The predicted molar refractivity (Wildman–Crippen MR) is 46.8 cm³/mol. The molecule has 0 N–H and O–H groups in total. The van der Waals surface area contributed by atoms with Gasteiger partial charge in [0.15, 0.2) is 0 Å². The fraction of sp³-hybridized carbons (Fsp3) is 0.778. The molecule has 1 aliphatic carbocycles. The Morgan fingerprint density at radius 1 is 1.58 bits per heavy atom. The summed E-state index contributed by atoms with van der Waals surface area (Å²) in [5.41, 5.74) is 0.308. The molecule has 0 spiro atoms. The van der Waals surface area contributed by atoms with E-state index in [2.05, 4.69) is 12.0 Å². The largest absolute Gasteiger partial charge is 0.273 e. The molecule has 2 aliphatic rings. The van der Waals surface area contributed by atoms with E-state index in [1.165, 1.54) is 12.8 Å². The van der Waals surface area contributed by atoms with Gasteiger partial charge >= 0.3 is 0 Å². The number of hydrogen-bond donors (Lipinski definition) is 0. The molecule has 12 heavy (non-hydrogen) atoms. The van der Waals surface area contributed by atoms with Gasteiger partial charge in [0, 0.05) is 24.6 Å². The molecule has 0 atom stereocenters. The molecule has 0 radical (unpaired) electrons. The lowest BCUT2D eigenvalue weighted by Gasteiger charge is -2.08. The molecular formula is C9H14N2O. The van der Waals surface area contributed by atoms with Gasteiger partial charge in [0.25, 0.3) is 0 Å². The second-order valence-electron chi connectivity index (χ2n) is 4.02. The van der Waals surface area contributed by atoms with Crippen LogP contribution in [0, 0.1) is 5.41 Å². The van der Waals surface area contributed by atoms with Crippen LogP contribution in [0.3, 0.4) is 0 Å². The lowest BCUT2D eigenvalue weighted by molar-refractivity contribution is -0.127. The molecule has 1 amide bonds. The van der Waals surface area contributed by atoms with Gasteiger partial charge in [0.2, 0.25) is 5.91 Å².